The number of hydrogen-bond acceptors (Lipinski definition) is 5. The van der Waals surface area contributed by atoms with Crippen LogP contribution in [0.1, 0.15) is 40.0 Å². The molecule has 0 saturated carbocycles. The van der Waals surface area contributed by atoms with E-state index >= 15 is 0 Å². The van der Waals surface area contributed by atoms with Gasteiger partial charge < -0.3 is 14.2 Å². The maximum Gasteiger partial charge on any atom is 0.323 e. The van der Waals surface area contributed by atoms with Crippen LogP contribution in [0.2, 0.25) is 0 Å². The number of ether oxygens (including phenoxy) is 3. The number of carbonyl (C=O) groups excluding carboxylic acids is 1. The summed E-state index contributed by atoms with van der Waals surface area (Å²) in [6.45, 7) is 9.56. The molecule has 5 nitrogen and oxygen atoms in total. The van der Waals surface area contributed by atoms with Gasteiger partial charge in [-0.1, -0.05) is 0 Å². The van der Waals surface area contributed by atoms with Crippen molar-refractivity contribution >= 4 is 5.97 Å². The number of esters is 1. The van der Waals surface area contributed by atoms with Crippen molar-refractivity contribution in [1.29, 1.82) is 0 Å². The zero-order valence-corrected chi connectivity index (χ0v) is 13.3. The fraction of sp³-hybridized carbons (Fsp3) is 0.933. The van der Waals surface area contributed by atoms with Crippen LogP contribution in [0.3, 0.4) is 0 Å². The van der Waals surface area contributed by atoms with Crippen LogP contribution < -0.4 is 0 Å². The van der Waals surface area contributed by atoms with Crippen LogP contribution in [-0.4, -0.2) is 62.5 Å². The van der Waals surface area contributed by atoms with E-state index < -0.39 is 5.60 Å². The van der Waals surface area contributed by atoms with Gasteiger partial charge in [0.1, 0.15) is 11.6 Å². The van der Waals surface area contributed by atoms with Gasteiger partial charge >= 0.3 is 5.97 Å². The average Bonchev–Trinajstić information content (AvgIpc) is 2.80. The summed E-state index contributed by atoms with van der Waals surface area (Å²) in [6.07, 6.45) is 2.90. The van der Waals surface area contributed by atoms with Crippen LogP contribution in [0.4, 0.5) is 0 Å². The van der Waals surface area contributed by atoms with Crippen molar-refractivity contribution < 1.29 is 19.0 Å². The van der Waals surface area contributed by atoms with Crippen molar-refractivity contribution in [1.82, 2.24) is 4.90 Å². The van der Waals surface area contributed by atoms with Gasteiger partial charge in [-0.25, -0.2) is 0 Å². The van der Waals surface area contributed by atoms with E-state index in [-0.39, 0.29) is 12.0 Å². The summed E-state index contributed by atoms with van der Waals surface area (Å²) in [7, 11) is 1.67. The normalized spacial score (nSPS) is 20.3. The third-order valence-corrected chi connectivity index (χ3v) is 3.21. The summed E-state index contributed by atoms with van der Waals surface area (Å²) >= 11 is 0. The second-order valence-electron chi connectivity index (χ2n) is 6.19. The Bertz CT molecular complexity index is 288. The minimum absolute atomic E-state index is 0.0757. The third kappa shape index (κ3) is 6.68. The minimum Gasteiger partial charge on any atom is -0.459 e. The Balaban J connectivity index is 2.25. The summed E-state index contributed by atoms with van der Waals surface area (Å²) in [5.41, 5.74) is -0.408. The van der Waals surface area contributed by atoms with E-state index in [9.17, 15) is 4.79 Å². The Morgan fingerprint density at radius 3 is 2.65 bits per heavy atom. The summed E-state index contributed by atoms with van der Waals surface area (Å²) < 4.78 is 15.8. The van der Waals surface area contributed by atoms with Crippen LogP contribution in [0, 0.1) is 0 Å². The third-order valence-electron chi connectivity index (χ3n) is 3.21. The number of carbonyl (C=O) groups is 1. The molecule has 0 aromatic rings. The maximum absolute atomic E-state index is 12.1. The SMILES string of the molecule is COCCOCCCN1CCC[C@H]1C(=O)OC(C)(C)C. The van der Waals surface area contributed by atoms with Crippen molar-refractivity contribution in [2.75, 3.05) is 40.0 Å². The monoisotopic (exact) mass is 287 g/mol. The number of methoxy groups -OCH3 is 1. The molecule has 0 amide bonds. The molecule has 1 rings (SSSR count). The van der Waals surface area contributed by atoms with Gasteiger partial charge in [-0.2, -0.15) is 0 Å². The van der Waals surface area contributed by atoms with Crippen molar-refractivity contribution in [2.24, 2.45) is 0 Å². The summed E-state index contributed by atoms with van der Waals surface area (Å²) in [6, 6.07) is -0.0757. The first kappa shape index (κ1) is 17.4. The molecule has 0 aromatic heterocycles. The molecule has 20 heavy (non-hydrogen) atoms. The Labute approximate surface area is 122 Å². The predicted molar refractivity (Wildman–Crippen MR) is 77.8 cm³/mol. The molecule has 0 aliphatic carbocycles. The molecular formula is C15H29NO4. The molecule has 0 spiro atoms. The lowest BCUT2D eigenvalue weighted by Gasteiger charge is -2.27. The molecule has 5 heteroatoms. The smallest absolute Gasteiger partial charge is 0.323 e. The maximum atomic E-state index is 12.1. The molecule has 118 valence electrons. The molecule has 1 atom stereocenters. The highest BCUT2D eigenvalue weighted by atomic mass is 16.6. The topological polar surface area (TPSA) is 48.0 Å². The van der Waals surface area contributed by atoms with Gasteiger partial charge in [0.15, 0.2) is 0 Å². The van der Waals surface area contributed by atoms with Crippen LogP contribution in [0.15, 0.2) is 0 Å². The highest BCUT2D eigenvalue weighted by molar-refractivity contribution is 5.76. The number of nitrogens with zero attached hydrogens (tertiary/aromatic N) is 1. The first-order valence-electron chi connectivity index (χ1n) is 7.47. The van der Waals surface area contributed by atoms with Crippen LogP contribution in [0.25, 0.3) is 0 Å². The van der Waals surface area contributed by atoms with Crippen molar-refractivity contribution in [3.05, 3.63) is 0 Å². The van der Waals surface area contributed by atoms with Crippen molar-refractivity contribution in [3.63, 3.8) is 0 Å². The molecule has 1 saturated heterocycles. The van der Waals surface area contributed by atoms with Crippen molar-refractivity contribution in [3.8, 4) is 0 Å². The zero-order chi connectivity index (χ0) is 15.0. The van der Waals surface area contributed by atoms with E-state index in [0.29, 0.717) is 19.8 Å². The lowest BCUT2D eigenvalue weighted by molar-refractivity contribution is -0.160. The van der Waals surface area contributed by atoms with Crippen LogP contribution in [0.5, 0.6) is 0 Å². The number of likely N-dealkylation sites (tertiary alicyclic amines) is 1. The minimum atomic E-state index is -0.408. The van der Waals surface area contributed by atoms with Crippen LogP contribution in [-0.2, 0) is 19.0 Å². The molecular weight excluding hydrogens is 258 g/mol. The second kappa shape index (κ2) is 8.60. The van der Waals surface area contributed by atoms with Gasteiger partial charge in [-0.3, -0.25) is 9.69 Å². The standard InChI is InChI=1S/C15H29NO4/c1-15(2,3)20-14(17)13-7-5-8-16(13)9-6-10-19-12-11-18-4/h13H,5-12H2,1-4H3/t13-/m0/s1. The summed E-state index contributed by atoms with van der Waals surface area (Å²) in [5, 5.41) is 0. The molecule has 0 unspecified atom stereocenters. The quantitative estimate of drug-likeness (QED) is 0.503. The Morgan fingerprint density at radius 1 is 1.25 bits per heavy atom. The van der Waals surface area contributed by atoms with Gasteiger partial charge in [0.05, 0.1) is 13.2 Å². The molecule has 1 aliphatic heterocycles. The predicted octanol–water partition coefficient (Wildman–Crippen LogP) is 1.85. The average molecular weight is 287 g/mol. The van der Waals surface area contributed by atoms with E-state index in [1.807, 2.05) is 20.8 Å². The lowest BCUT2D eigenvalue weighted by atomic mass is 10.1. The highest BCUT2D eigenvalue weighted by Crippen LogP contribution is 2.21. The fourth-order valence-electron chi connectivity index (χ4n) is 2.34. The molecule has 0 bridgehead atoms. The molecule has 1 heterocycles. The van der Waals surface area contributed by atoms with Gasteiger partial charge in [0, 0.05) is 20.3 Å². The van der Waals surface area contributed by atoms with Crippen LogP contribution >= 0.6 is 0 Å². The van der Waals surface area contributed by atoms with Crippen molar-refractivity contribution in [2.45, 2.75) is 51.7 Å². The Kier molecular flexibility index (Phi) is 7.48. The molecule has 1 aliphatic rings. The summed E-state index contributed by atoms with van der Waals surface area (Å²) in [4.78, 5) is 14.3. The molecule has 0 N–H and O–H groups in total. The fourth-order valence-corrected chi connectivity index (χ4v) is 2.34. The molecule has 0 aromatic carbocycles. The second-order valence-corrected chi connectivity index (χ2v) is 6.19. The molecule has 0 radical (unpaired) electrons. The first-order chi connectivity index (χ1) is 9.44. The lowest BCUT2D eigenvalue weighted by Crippen LogP contribution is -2.41. The largest absolute Gasteiger partial charge is 0.459 e. The van der Waals surface area contributed by atoms with Gasteiger partial charge in [-0.15, -0.1) is 0 Å². The number of rotatable bonds is 8. The zero-order valence-electron chi connectivity index (χ0n) is 13.3. The summed E-state index contributed by atoms with van der Waals surface area (Å²) in [5.74, 6) is -0.0877. The molecule has 1 fully saturated rings. The highest BCUT2D eigenvalue weighted by Gasteiger charge is 2.33. The van der Waals surface area contributed by atoms with E-state index in [0.717, 1.165) is 32.4 Å². The first-order valence-corrected chi connectivity index (χ1v) is 7.47. The van der Waals surface area contributed by atoms with E-state index in [1.165, 1.54) is 0 Å². The number of hydrogen-bond donors (Lipinski definition) is 0. The van der Waals surface area contributed by atoms with Gasteiger partial charge in [-0.05, 0) is 46.6 Å². The van der Waals surface area contributed by atoms with Gasteiger partial charge in [0.25, 0.3) is 0 Å². The van der Waals surface area contributed by atoms with Gasteiger partial charge in [0.2, 0.25) is 0 Å². The Hall–Kier alpha value is -0.650. The van der Waals surface area contributed by atoms with E-state index in [4.69, 9.17) is 14.2 Å². The van der Waals surface area contributed by atoms with E-state index in [1.54, 1.807) is 7.11 Å². The van der Waals surface area contributed by atoms with E-state index in [2.05, 4.69) is 4.90 Å². The Morgan fingerprint density at radius 2 is 2.00 bits per heavy atom.